The van der Waals surface area contributed by atoms with Crippen molar-refractivity contribution in [3.8, 4) is 5.69 Å². The van der Waals surface area contributed by atoms with Crippen LogP contribution in [0, 0.1) is 17.0 Å². The number of carbonyl (C=O) groups is 1. The standard InChI is InChI=1S/C20H18N8O3/c1-14-19(24-25-27(14)17-6-3-7-18(9-17)28(30)31)20(29)22-10-15-4-2-5-16(8-15)11-26-13-21-12-23-26/h2-9,12-13H,10-11H2,1H3,(H,22,29). The van der Waals surface area contributed by atoms with Crippen LogP contribution in [0.1, 0.15) is 27.3 Å². The number of amides is 1. The van der Waals surface area contributed by atoms with Crippen molar-refractivity contribution >= 4 is 11.6 Å². The highest BCUT2D eigenvalue weighted by molar-refractivity contribution is 5.93. The number of non-ortho nitro benzene ring substituents is 1. The Hall–Kier alpha value is -4.41. The highest BCUT2D eigenvalue weighted by Gasteiger charge is 2.18. The predicted molar refractivity (Wildman–Crippen MR) is 109 cm³/mol. The quantitative estimate of drug-likeness (QED) is 0.359. The Morgan fingerprint density at radius 3 is 2.74 bits per heavy atom. The highest BCUT2D eigenvalue weighted by atomic mass is 16.6. The maximum atomic E-state index is 12.6. The van der Waals surface area contributed by atoms with Crippen LogP contribution in [-0.2, 0) is 13.1 Å². The Morgan fingerprint density at radius 1 is 1.16 bits per heavy atom. The van der Waals surface area contributed by atoms with Gasteiger partial charge >= 0.3 is 0 Å². The largest absolute Gasteiger partial charge is 0.347 e. The average molecular weight is 418 g/mol. The first-order chi connectivity index (χ1) is 15.0. The summed E-state index contributed by atoms with van der Waals surface area (Å²) in [5, 5.41) is 25.9. The first-order valence-electron chi connectivity index (χ1n) is 9.37. The number of rotatable bonds is 7. The molecule has 0 fully saturated rings. The fourth-order valence-electron chi connectivity index (χ4n) is 3.13. The van der Waals surface area contributed by atoms with Crippen molar-refractivity contribution in [2.24, 2.45) is 0 Å². The zero-order valence-electron chi connectivity index (χ0n) is 16.5. The van der Waals surface area contributed by atoms with E-state index in [4.69, 9.17) is 0 Å². The maximum Gasteiger partial charge on any atom is 0.274 e. The van der Waals surface area contributed by atoms with Crippen molar-refractivity contribution in [2.45, 2.75) is 20.0 Å². The van der Waals surface area contributed by atoms with Crippen LogP contribution >= 0.6 is 0 Å². The molecule has 2 aromatic carbocycles. The summed E-state index contributed by atoms with van der Waals surface area (Å²) in [6, 6.07) is 13.8. The second-order valence-corrected chi connectivity index (χ2v) is 6.81. The molecule has 0 atom stereocenters. The fraction of sp³-hybridized carbons (Fsp3) is 0.150. The van der Waals surface area contributed by atoms with E-state index in [1.54, 1.807) is 30.1 Å². The molecule has 0 aliphatic carbocycles. The molecule has 156 valence electrons. The van der Waals surface area contributed by atoms with E-state index >= 15 is 0 Å². The van der Waals surface area contributed by atoms with Gasteiger partial charge in [0.25, 0.3) is 11.6 Å². The van der Waals surface area contributed by atoms with Crippen molar-refractivity contribution < 1.29 is 9.72 Å². The molecule has 11 heteroatoms. The summed E-state index contributed by atoms with van der Waals surface area (Å²) in [5.74, 6) is -0.379. The van der Waals surface area contributed by atoms with Gasteiger partial charge in [0, 0.05) is 18.7 Å². The van der Waals surface area contributed by atoms with Crippen LogP contribution in [0.4, 0.5) is 5.69 Å². The van der Waals surface area contributed by atoms with Gasteiger partial charge in [0.1, 0.15) is 12.7 Å². The lowest BCUT2D eigenvalue weighted by atomic mass is 10.1. The van der Waals surface area contributed by atoms with Crippen LogP contribution in [0.3, 0.4) is 0 Å². The minimum absolute atomic E-state index is 0.0656. The van der Waals surface area contributed by atoms with E-state index in [9.17, 15) is 14.9 Å². The topological polar surface area (TPSA) is 134 Å². The Kier molecular flexibility index (Phi) is 5.47. The van der Waals surface area contributed by atoms with Crippen LogP contribution in [0.25, 0.3) is 5.69 Å². The molecule has 0 spiro atoms. The Morgan fingerprint density at radius 2 is 1.97 bits per heavy atom. The summed E-state index contributed by atoms with van der Waals surface area (Å²) in [4.78, 5) is 27.1. The van der Waals surface area contributed by atoms with Gasteiger partial charge in [-0.3, -0.25) is 14.9 Å². The van der Waals surface area contributed by atoms with Crippen LogP contribution in [0.15, 0.2) is 61.2 Å². The summed E-state index contributed by atoms with van der Waals surface area (Å²) in [6.07, 6.45) is 3.12. The zero-order valence-corrected chi connectivity index (χ0v) is 16.5. The van der Waals surface area contributed by atoms with E-state index < -0.39 is 4.92 Å². The Labute approximate surface area is 176 Å². The molecular formula is C20H18N8O3. The number of carbonyl (C=O) groups excluding carboxylic acids is 1. The van der Waals surface area contributed by atoms with E-state index in [0.29, 0.717) is 24.5 Å². The second kappa shape index (κ2) is 8.53. The third-order valence-corrected chi connectivity index (χ3v) is 4.65. The molecule has 0 radical (unpaired) electrons. The number of nitrogens with zero attached hydrogens (tertiary/aromatic N) is 7. The van der Waals surface area contributed by atoms with E-state index in [1.165, 1.54) is 23.1 Å². The van der Waals surface area contributed by atoms with Gasteiger partial charge in [0.15, 0.2) is 5.69 Å². The number of nitro groups is 1. The van der Waals surface area contributed by atoms with Gasteiger partial charge in [-0.2, -0.15) is 5.10 Å². The lowest BCUT2D eigenvalue weighted by molar-refractivity contribution is -0.384. The molecule has 1 amide bonds. The van der Waals surface area contributed by atoms with Crippen molar-refractivity contribution in [1.82, 2.24) is 35.1 Å². The predicted octanol–water partition coefficient (Wildman–Crippen LogP) is 2.05. The number of hydrogen-bond acceptors (Lipinski definition) is 7. The lowest BCUT2D eigenvalue weighted by Crippen LogP contribution is -2.24. The first-order valence-corrected chi connectivity index (χ1v) is 9.37. The summed E-state index contributed by atoms with van der Waals surface area (Å²) >= 11 is 0. The minimum Gasteiger partial charge on any atom is -0.347 e. The van der Waals surface area contributed by atoms with Crippen molar-refractivity contribution in [1.29, 1.82) is 0 Å². The van der Waals surface area contributed by atoms with Crippen LogP contribution in [-0.4, -0.2) is 40.6 Å². The third kappa shape index (κ3) is 4.45. The minimum atomic E-state index is -0.486. The Balaban J connectivity index is 1.45. The molecule has 11 nitrogen and oxygen atoms in total. The Bertz CT molecular complexity index is 1230. The molecule has 0 saturated carbocycles. The van der Waals surface area contributed by atoms with Crippen LogP contribution in [0.2, 0.25) is 0 Å². The van der Waals surface area contributed by atoms with Crippen molar-refractivity contribution in [3.63, 3.8) is 0 Å². The summed E-state index contributed by atoms with van der Waals surface area (Å²) in [7, 11) is 0. The van der Waals surface area contributed by atoms with Gasteiger partial charge in [-0.05, 0) is 24.1 Å². The van der Waals surface area contributed by atoms with Gasteiger partial charge in [-0.1, -0.05) is 35.5 Å². The first kappa shape index (κ1) is 19.9. The number of aromatic nitrogens is 6. The number of nitrogens with one attached hydrogen (secondary N) is 1. The smallest absolute Gasteiger partial charge is 0.274 e. The van der Waals surface area contributed by atoms with Gasteiger partial charge in [-0.25, -0.2) is 14.3 Å². The van der Waals surface area contributed by atoms with Gasteiger partial charge in [-0.15, -0.1) is 5.10 Å². The second-order valence-electron chi connectivity index (χ2n) is 6.81. The molecule has 0 aliphatic heterocycles. The number of benzene rings is 2. The zero-order chi connectivity index (χ0) is 21.8. The summed E-state index contributed by atoms with van der Waals surface area (Å²) in [5.41, 5.74) is 2.99. The van der Waals surface area contributed by atoms with Crippen molar-refractivity contribution in [2.75, 3.05) is 0 Å². The fourth-order valence-corrected chi connectivity index (χ4v) is 3.13. The average Bonchev–Trinajstić information content (AvgIpc) is 3.42. The molecule has 4 aromatic rings. The molecule has 0 unspecified atom stereocenters. The van der Waals surface area contributed by atoms with E-state index in [2.05, 4.69) is 25.7 Å². The van der Waals surface area contributed by atoms with E-state index in [-0.39, 0.29) is 17.3 Å². The lowest BCUT2D eigenvalue weighted by Gasteiger charge is -2.07. The maximum absolute atomic E-state index is 12.6. The SMILES string of the molecule is Cc1c(C(=O)NCc2cccc(Cn3cncn3)c2)nnn1-c1cccc([N+](=O)[O-])c1. The summed E-state index contributed by atoms with van der Waals surface area (Å²) < 4.78 is 3.12. The van der Waals surface area contributed by atoms with Gasteiger partial charge in [0.2, 0.25) is 0 Å². The molecule has 0 bridgehead atoms. The monoisotopic (exact) mass is 418 g/mol. The highest BCUT2D eigenvalue weighted by Crippen LogP contribution is 2.18. The molecule has 0 saturated heterocycles. The molecule has 0 aliphatic rings. The van der Waals surface area contributed by atoms with E-state index in [1.807, 2.05) is 24.3 Å². The third-order valence-electron chi connectivity index (χ3n) is 4.65. The number of hydrogen-bond donors (Lipinski definition) is 1. The molecule has 2 aromatic heterocycles. The van der Waals surface area contributed by atoms with Crippen LogP contribution < -0.4 is 5.32 Å². The molecule has 31 heavy (non-hydrogen) atoms. The van der Waals surface area contributed by atoms with Crippen LogP contribution in [0.5, 0.6) is 0 Å². The molecule has 2 heterocycles. The molecule has 1 N–H and O–H groups in total. The molecular weight excluding hydrogens is 400 g/mol. The molecule has 4 rings (SSSR count). The van der Waals surface area contributed by atoms with Crippen molar-refractivity contribution in [3.05, 3.63) is 93.8 Å². The normalized spacial score (nSPS) is 10.7. The van der Waals surface area contributed by atoms with Gasteiger partial charge in [0.05, 0.1) is 22.8 Å². The number of nitro benzene ring substituents is 1. The summed E-state index contributed by atoms with van der Waals surface area (Å²) in [6.45, 7) is 2.58. The van der Waals surface area contributed by atoms with Gasteiger partial charge < -0.3 is 5.32 Å². The van der Waals surface area contributed by atoms with E-state index in [0.717, 1.165) is 11.1 Å².